The van der Waals surface area contributed by atoms with Crippen LogP contribution in [0.1, 0.15) is 45.6 Å². The van der Waals surface area contributed by atoms with Crippen LogP contribution < -0.4 is 0 Å². The second kappa shape index (κ2) is 8.29. The molecule has 2 atom stereocenters. The lowest BCUT2D eigenvalue weighted by Crippen LogP contribution is -2.56. The van der Waals surface area contributed by atoms with E-state index < -0.39 is 8.32 Å². The van der Waals surface area contributed by atoms with Gasteiger partial charge in [-0.25, -0.2) is 4.79 Å². The van der Waals surface area contributed by atoms with E-state index in [0.717, 1.165) is 24.2 Å². The molecule has 0 unspecified atom stereocenters. The lowest BCUT2D eigenvalue weighted by molar-refractivity contribution is 0.00801. The average Bonchev–Trinajstić information content (AvgIpc) is 3.45. The van der Waals surface area contributed by atoms with Gasteiger partial charge >= 0.3 is 6.09 Å². The molecule has 2 heterocycles. The fourth-order valence-electron chi connectivity index (χ4n) is 3.33. The third-order valence-electron chi connectivity index (χ3n) is 6.10. The molecule has 1 saturated heterocycles. The van der Waals surface area contributed by atoms with E-state index in [1.54, 1.807) is 6.26 Å². The van der Waals surface area contributed by atoms with E-state index in [4.69, 9.17) is 13.9 Å². The highest BCUT2D eigenvalue weighted by molar-refractivity contribution is 6.74. The molecule has 1 aromatic carbocycles. The van der Waals surface area contributed by atoms with Crippen molar-refractivity contribution in [2.45, 2.75) is 76.9 Å². The van der Waals surface area contributed by atoms with E-state index in [0.29, 0.717) is 13.0 Å². The van der Waals surface area contributed by atoms with Gasteiger partial charge in [-0.2, -0.15) is 0 Å². The topological polar surface area (TPSA) is 51.3 Å². The quantitative estimate of drug-likeness (QED) is 0.594. The van der Waals surface area contributed by atoms with Crippen molar-refractivity contribution < 1.29 is 18.7 Å². The summed E-state index contributed by atoms with van der Waals surface area (Å²) in [5, 5.41) is 0.128. The van der Waals surface area contributed by atoms with Crippen LogP contribution in [-0.2, 0) is 20.5 Å². The first-order valence-electron chi connectivity index (χ1n) is 10.2. The number of benzene rings is 1. The van der Waals surface area contributed by atoms with E-state index in [2.05, 4.69) is 33.9 Å². The third-order valence-corrected chi connectivity index (χ3v) is 10.6. The Morgan fingerprint density at radius 3 is 2.54 bits per heavy atom. The summed E-state index contributed by atoms with van der Waals surface area (Å²) in [5.74, 6) is 0.941. The van der Waals surface area contributed by atoms with Gasteiger partial charge in [0.1, 0.15) is 18.6 Å². The van der Waals surface area contributed by atoms with Gasteiger partial charge in [0.2, 0.25) is 0 Å². The van der Waals surface area contributed by atoms with Crippen molar-refractivity contribution in [3.8, 4) is 0 Å². The van der Waals surface area contributed by atoms with Crippen molar-refractivity contribution in [1.82, 2.24) is 4.90 Å². The van der Waals surface area contributed by atoms with Gasteiger partial charge < -0.3 is 18.8 Å². The molecule has 2 aliphatic heterocycles. The monoisotopic (exact) mass is 403 g/mol. The summed E-state index contributed by atoms with van der Waals surface area (Å²) in [4.78, 5) is 14.7. The number of likely N-dealkylation sites (tertiary alicyclic amines) is 1. The predicted octanol–water partition coefficient (Wildman–Crippen LogP) is 5.44. The zero-order valence-corrected chi connectivity index (χ0v) is 18.7. The number of nitrogens with zero attached hydrogens (tertiary/aromatic N) is 1. The van der Waals surface area contributed by atoms with Crippen LogP contribution in [-0.4, -0.2) is 38.0 Å². The third kappa shape index (κ3) is 5.17. The second-order valence-electron chi connectivity index (χ2n) is 9.27. The molecule has 0 aliphatic carbocycles. The van der Waals surface area contributed by atoms with Crippen molar-refractivity contribution in [2.24, 2.45) is 0 Å². The number of amides is 1. The van der Waals surface area contributed by atoms with Crippen LogP contribution in [0.25, 0.3) is 0 Å². The van der Waals surface area contributed by atoms with Gasteiger partial charge in [-0.1, -0.05) is 51.1 Å². The molecule has 0 spiro atoms. The van der Waals surface area contributed by atoms with E-state index in [-0.39, 0.29) is 29.9 Å². The fraction of sp³-hybridized carbons (Fsp3) is 0.591. The maximum atomic E-state index is 12.9. The number of rotatable bonds is 6. The summed E-state index contributed by atoms with van der Waals surface area (Å²) < 4.78 is 17.6. The molecule has 2 aliphatic rings. The molecule has 0 saturated carbocycles. The van der Waals surface area contributed by atoms with Crippen LogP contribution in [0.2, 0.25) is 18.1 Å². The minimum absolute atomic E-state index is 0.0176. The first kappa shape index (κ1) is 20.9. The Morgan fingerprint density at radius 2 is 1.93 bits per heavy atom. The molecule has 0 bridgehead atoms. The molecule has 3 rings (SSSR count). The van der Waals surface area contributed by atoms with E-state index in [1.165, 1.54) is 0 Å². The molecule has 1 aromatic rings. The highest BCUT2D eigenvalue weighted by Crippen LogP contribution is 2.40. The summed E-state index contributed by atoms with van der Waals surface area (Å²) >= 11 is 0. The van der Waals surface area contributed by atoms with Gasteiger partial charge in [-0.05, 0) is 36.5 Å². The predicted molar refractivity (Wildman–Crippen MR) is 112 cm³/mol. The normalized spacial score (nSPS) is 22.3. The number of hydrogen-bond donors (Lipinski definition) is 0. The van der Waals surface area contributed by atoms with Gasteiger partial charge in [0.25, 0.3) is 0 Å². The van der Waals surface area contributed by atoms with E-state index in [9.17, 15) is 4.79 Å². The van der Waals surface area contributed by atoms with Gasteiger partial charge in [0.15, 0.2) is 8.32 Å². The SMILES string of the molecule is CC(C)(C)[Si](C)(C)O[C@H]1CCCN(C(=O)OCc2ccccc2)[C@@H]1CC1=CO1. The van der Waals surface area contributed by atoms with Crippen LogP contribution in [0.15, 0.2) is 42.4 Å². The fourth-order valence-corrected chi connectivity index (χ4v) is 4.71. The highest BCUT2D eigenvalue weighted by atomic mass is 28.4. The van der Waals surface area contributed by atoms with Crippen LogP contribution in [0, 0.1) is 0 Å². The summed E-state index contributed by atoms with van der Waals surface area (Å²) in [7, 11) is -1.94. The minimum atomic E-state index is -1.94. The molecular weight excluding hydrogens is 370 g/mol. The van der Waals surface area contributed by atoms with Crippen molar-refractivity contribution in [2.75, 3.05) is 6.54 Å². The molecule has 1 amide bonds. The van der Waals surface area contributed by atoms with Gasteiger partial charge in [-0.15, -0.1) is 0 Å². The van der Waals surface area contributed by atoms with Crippen molar-refractivity contribution in [3.63, 3.8) is 0 Å². The van der Waals surface area contributed by atoms with Gasteiger partial charge in [0.05, 0.1) is 12.1 Å². The molecule has 154 valence electrons. The zero-order chi connectivity index (χ0) is 20.4. The average molecular weight is 404 g/mol. The second-order valence-corrected chi connectivity index (χ2v) is 14.0. The van der Waals surface area contributed by atoms with Crippen molar-refractivity contribution in [3.05, 3.63) is 47.9 Å². The Kier molecular flexibility index (Phi) is 6.20. The molecule has 1 fully saturated rings. The minimum Gasteiger partial charge on any atom is -0.463 e. The highest BCUT2D eigenvalue weighted by Gasteiger charge is 2.44. The smallest absolute Gasteiger partial charge is 0.410 e. The summed E-state index contributed by atoms with van der Waals surface area (Å²) in [6, 6.07) is 9.75. The molecular formula is C22H33NO4Si. The lowest BCUT2D eigenvalue weighted by atomic mass is 9.96. The number of carbonyl (C=O) groups is 1. The van der Waals surface area contributed by atoms with Gasteiger partial charge in [0, 0.05) is 13.0 Å². The first-order valence-corrected chi connectivity index (χ1v) is 13.1. The van der Waals surface area contributed by atoms with Crippen LogP contribution in [0.4, 0.5) is 4.79 Å². The molecule has 6 heteroatoms. The van der Waals surface area contributed by atoms with Crippen LogP contribution >= 0.6 is 0 Å². The first-order chi connectivity index (χ1) is 13.2. The Bertz CT molecular complexity index is 711. The van der Waals surface area contributed by atoms with Gasteiger partial charge in [-0.3, -0.25) is 0 Å². The van der Waals surface area contributed by atoms with Crippen molar-refractivity contribution in [1.29, 1.82) is 0 Å². The van der Waals surface area contributed by atoms with Crippen LogP contribution in [0.3, 0.4) is 0 Å². The number of carbonyl (C=O) groups excluding carboxylic acids is 1. The molecule has 0 radical (unpaired) electrons. The molecule has 5 nitrogen and oxygen atoms in total. The van der Waals surface area contributed by atoms with E-state index in [1.807, 2.05) is 35.2 Å². The Balaban J connectivity index is 1.70. The molecule has 28 heavy (non-hydrogen) atoms. The van der Waals surface area contributed by atoms with E-state index >= 15 is 0 Å². The van der Waals surface area contributed by atoms with Crippen molar-refractivity contribution >= 4 is 14.4 Å². The summed E-state index contributed by atoms with van der Waals surface area (Å²) in [6.07, 6.45) is 4.09. The summed E-state index contributed by atoms with van der Waals surface area (Å²) in [5.41, 5.74) is 0.992. The number of piperidine rings is 1. The zero-order valence-electron chi connectivity index (χ0n) is 17.7. The lowest BCUT2D eigenvalue weighted by Gasteiger charge is -2.46. The largest absolute Gasteiger partial charge is 0.463 e. The number of ether oxygens (including phenoxy) is 2. The number of hydrogen-bond acceptors (Lipinski definition) is 4. The molecule has 0 aromatic heterocycles. The van der Waals surface area contributed by atoms with Crippen LogP contribution in [0.5, 0.6) is 0 Å². The maximum Gasteiger partial charge on any atom is 0.410 e. The maximum absolute atomic E-state index is 12.9. The summed E-state index contributed by atoms with van der Waals surface area (Å²) in [6.45, 7) is 12.3. The Morgan fingerprint density at radius 1 is 1.25 bits per heavy atom. The Labute approximate surface area is 169 Å². The standard InChI is InChI=1S/C22H33NO4Si/c1-22(2,3)28(4,5)27-20-12-9-13-23(19(20)14-18-16-25-18)21(24)26-15-17-10-7-6-8-11-17/h6-8,10-11,16,19-20H,9,12-15H2,1-5H3/t19-,20+/m1/s1. The Hall–Kier alpha value is -1.79. The molecule has 0 N–H and O–H groups in total.